The lowest BCUT2D eigenvalue weighted by molar-refractivity contribution is 0.0598. The SMILES string of the molecule is COC(=O)c1ccc(NC(=O)c2ccc3c(c2)C(=O)N(CCc2ccccc2)C3=O)c(O)c1. The van der Waals surface area contributed by atoms with E-state index in [2.05, 4.69) is 10.1 Å². The molecule has 0 saturated carbocycles. The minimum Gasteiger partial charge on any atom is -0.506 e. The monoisotopic (exact) mass is 444 g/mol. The molecule has 1 heterocycles. The second-order valence-electron chi connectivity index (χ2n) is 7.44. The van der Waals surface area contributed by atoms with E-state index in [1.54, 1.807) is 0 Å². The Labute approximate surface area is 189 Å². The summed E-state index contributed by atoms with van der Waals surface area (Å²) < 4.78 is 4.59. The zero-order chi connectivity index (χ0) is 23.5. The molecular formula is C25H20N2O6. The normalized spacial score (nSPS) is 12.5. The van der Waals surface area contributed by atoms with Crippen molar-refractivity contribution in [3.63, 3.8) is 0 Å². The fourth-order valence-electron chi connectivity index (χ4n) is 3.60. The molecule has 0 saturated heterocycles. The number of esters is 1. The van der Waals surface area contributed by atoms with E-state index in [4.69, 9.17) is 0 Å². The number of carbonyl (C=O) groups is 4. The molecule has 3 aromatic carbocycles. The molecule has 0 aromatic heterocycles. The lowest BCUT2D eigenvalue weighted by Crippen LogP contribution is -2.31. The molecular weight excluding hydrogens is 424 g/mol. The summed E-state index contributed by atoms with van der Waals surface area (Å²) in [5.41, 5.74) is 1.77. The molecule has 0 radical (unpaired) electrons. The van der Waals surface area contributed by atoms with Crippen molar-refractivity contribution in [2.75, 3.05) is 19.0 Å². The first-order valence-electron chi connectivity index (χ1n) is 10.2. The summed E-state index contributed by atoms with van der Waals surface area (Å²) in [4.78, 5) is 51.0. The van der Waals surface area contributed by atoms with Crippen LogP contribution in [0.1, 0.15) is 47.0 Å². The van der Waals surface area contributed by atoms with Crippen LogP contribution in [-0.2, 0) is 11.2 Å². The number of hydrogen-bond donors (Lipinski definition) is 2. The van der Waals surface area contributed by atoms with Crippen LogP contribution < -0.4 is 5.32 Å². The van der Waals surface area contributed by atoms with Crippen LogP contribution in [0.15, 0.2) is 66.7 Å². The fraction of sp³-hybridized carbons (Fsp3) is 0.120. The van der Waals surface area contributed by atoms with E-state index in [1.807, 2.05) is 30.3 Å². The third-order valence-corrected chi connectivity index (χ3v) is 5.37. The Morgan fingerprint density at radius 2 is 1.61 bits per heavy atom. The molecule has 8 nitrogen and oxygen atoms in total. The van der Waals surface area contributed by atoms with Crippen LogP contribution in [0.4, 0.5) is 5.69 Å². The average molecular weight is 444 g/mol. The molecule has 1 aliphatic rings. The van der Waals surface area contributed by atoms with Crippen molar-refractivity contribution in [1.82, 2.24) is 4.90 Å². The molecule has 1 aliphatic heterocycles. The van der Waals surface area contributed by atoms with Crippen molar-refractivity contribution in [2.45, 2.75) is 6.42 Å². The van der Waals surface area contributed by atoms with Gasteiger partial charge in [-0.1, -0.05) is 30.3 Å². The number of imide groups is 1. The van der Waals surface area contributed by atoms with Gasteiger partial charge >= 0.3 is 5.97 Å². The Kier molecular flexibility index (Phi) is 5.91. The lowest BCUT2D eigenvalue weighted by Gasteiger charge is -2.13. The van der Waals surface area contributed by atoms with Crippen molar-refractivity contribution in [3.8, 4) is 5.75 Å². The van der Waals surface area contributed by atoms with E-state index in [0.29, 0.717) is 6.42 Å². The van der Waals surface area contributed by atoms with Crippen molar-refractivity contribution >= 4 is 29.4 Å². The van der Waals surface area contributed by atoms with E-state index >= 15 is 0 Å². The maximum Gasteiger partial charge on any atom is 0.337 e. The standard InChI is InChI=1S/C25H20N2O6/c1-33-25(32)17-8-10-20(21(28)14-17)26-22(29)16-7-9-18-19(13-16)24(31)27(23(18)30)12-11-15-5-3-2-4-6-15/h2-10,13-14,28H,11-12H2,1H3,(H,26,29). The second kappa shape index (κ2) is 8.96. The number of nitrogens with one attached hydrogen (secondary N) is 1. The summed E-state index contributed by atoms with van der Waals surface area (Å²) in [6.45, 7) is 0.234. The largest absolute Gasteiger partial charge is 0.506 e. The number of nitrogens with zero attached hydrogens (tertiary/aromatic N) is 1. The Morgan fingerprint density at radius 3 is 2.30 bits per heavy atom. The van der Waals surface area contributed by atoms with E-state index in [1.165, 1.54) is 48.4 Å². The van der Waals surface area contributed by atoms with Crippen LogP contribution >= 0.6 is 0 Å². The number of hydrogen-bond acceptors (Lipinski definition) is 6. The van der Waals surface area contributed by atoms with Gasteiger partial charge in [0.1, 0.15) is 5.75 Å². The zero-order valence-electron chi connectivity index (χ0n) is 17.7. The minimum absolute atomic E-state index is 0.0834. The molecule has 2 N–H and O–H groups in total. The Hall–Kier alpha value is -4.46. The zero-order valence-corrected chi connectivity index (χ0v) is 17.7. The molecule has 4 rings (SSSR count). The van der Waals surface area contributed by atoms with Gasteiger partial charge in [0.15, 0.2) is 0 Å². The van der Waals surface area contributed by atoms with Crippen LogP contribution in [-0.4, -0.2) is 47.4 Å². The number of phenols is 1. The van der Waals surface area contributed by atoms with Gasteiger partial charge in [-0.15, -0.1) is 0 Å². The molecule has 0 spiro atoms. The number of phenolic OH excluding ortho intramolecular Hbond substituents is 1. The van der Waals surface area contributed by atoms with Crippen molar-refractivity contribution < 1.29 is 29.0 Å². The Bertz CT molecular complexity index is 1270. The molecule has 0 bridgehead atoms. The maximum atomic E-state index is 12.8. The molecule has 0 aliphatic carbocycles. The van der Waals surface area contributed by atoms with Crippen molar-refractivity contribution in [2.24, 2.45) is 0 Å². The van der Waals surface area contributed by atoms with Gasteiger partial charge in [0, 0.05) is 12.1 Å². The van der Waals surface area contributed by atoms with Crippen LogP contribution in [0.3, 0.4) is 0 Å². The highest BCUT2D eigenvalue weighted by Crippen LogP contribution is 2.27. The number of benzene rings is 3. The summed E-state index contributed by atoms with van der Waals surface area (Å²) in [6.07, 6.45) is 0.528. The van der Waals surface area contributed by atoms with Gasteiger partial charge < -0.3 is 15.2 Å². The van der Waals surface area contributed by atoms with Gasteiger partial charge in [0.2, 0.25) is 0 Å². The molecule has 8 heteroatoms. The molecule has 0 atom stereocenters. The minimum atomic E-state index is -0.623. The summed E-state index contributed by atoms with van der Waals surface area (Å²) in [5.74, 6) is -2.37. The highest BCUT2D eigenvalue weighted by atomic mass is 16.5. The first-order valence-corrected chi connectivity index (χ1v) is 10.2. The number of carbonyl (C=O) groups excluding carboxylic acids is 4. The summed E-state index contributed by atoms with van der Waals surface area (Å²) >= 11 is 0. The molecule has 0 unspecified atom stereocenters. The number of aromatic hydroxyl groups is 1. The van der Waals surface area contributed by atoms with E-state index in [9.17, 15) is 24.3 Å². The average Bonchev–Trinajstić information content (AvgIpc) is 3.08. The quantitative estimate of drug-likeness (QED) is 0.343. The second-order valence-corrected chi connectivity index (χ2v) is 7.44. The third kappa shape index (κ3) is 4.31. The lowest BCUT2D eigenvalue weighted by atomic mass is 10.1. The van der Waals surface area contributed by atoms with Gasteiger partial charge in [-0.2, -0.15) is 0 Å². The van der Waals surface area contributed by atoms with Crippen LogP contribution in [0.2, 0.25) is 0 Å². The molecule has 3 aromatic rings. The van der Waals surface area contributed by atoms with Gasteiger partial charge in [-0.05, 0) is 48.4 Å². The smallest absolute Gasteiger partial charge is 0.337 e. The van der Waals surface area contributed by atoms with Crippen LogP contribution in [0.25, 0.3) is 0 Å². The topological polar surface area (TPSA) is 113 Å². The summed E-state index contributed by atoms with van der Waals surface area (Å²) in [5, 5.41) is 12.7. The molecule has 3 amide bonds. The Balaban J connectivity index is 1.49. The van der Waals surface area contributed by atoms with E-state index < -0.39 is 23.7 Å². The summed E-state index contributed by atoms with van der Waals surface area (Å²) in [7, 11) is 1.22. The number of ether oxygens (including phenoxy) is 1. The van der Waals surface area contributed by atoms with E-state index in [-0.39, 0.29) is 40.2 Å². The predicted octanol–water partition coefficient (Wildman–Crippen LogP) is 3.27. The van der Waals surface area contributed by atoms with Crippen LogP contribution in [0.5, 0.6) is 5.75 Å². The highest BCUT2D eigenvalue weighted by Gasteiger charge is 2.35. The number of anilines is 1. The fourth-order valence-corrected chi connectivity index (χ4v) is 3.60. The summed E-state index contributed by atoms with van der Waals surface area (Å²) in [6, 6.07) is 17.7. The van der Waals surface area contributed by atoms with Gasteiger partial charge in [-0.25, -0.2) is 4.79 Å². The number of amides is 3. The van der Waals surface area contributed by atoms with Gasteiger partial charge in [-0.3, -0.25) is 19.3 Å². The van der Waals surface area contributed by atoms with Gasteiger partial charge in [0.05, 0.1) is 29.5 Å². The molecule has 0 fully saturated rings. The molecule has 33 heavy (non-hydrogen) atoms. The number of methoxy groups -OCH3 is 1. The van der Waals surface area contributed by atoms with Crippen LogP contribution in [0, 0.1) is 0 Å². The predicted molar refractivity (Wildman–Crippen MR) is 119 cm³/mol. The Morgan fingerprint density at radius 1 is 0.909 bits per heavy atom. The third-order valence-electron chi connectivity index (χ3n) is 5.37. The number of rotatable bonds is 6. The van der Waals surface area contributed by atoms with Gasteiger partial charge in [0.25, 0.3) is 17.7 Å². The first-order chi connectivity index (χ1) is 15.9. The van der Waals surface area contributed by atoms with Crippen molar-refractivity contribution in [3.05, 3.63) is 94.5 Å². The van der Waals surface area contributed by atoms with Crippen molar-refractivity contribution in [1.29, 1.82) is 0 Å². The van der Waals surface area contributed by atoms with E-state index in [0.717, 1.165) is 5.56 Å². The molecule has 166 valence electrons. The highest BCUT2D eigenvalue weighted by molar-refractivity contribution is 6.22. The first kappa shape index (κ1) is 21.8. The number of fused-ring (bicyclic) bond motifs is 1. The maximum absolute atomic E-state index is 12.8.